The molecule has 0 fully saturated rings. The number of phenols is 6. The number of aromatic carboxylic acids is 1. The van der Waals surface area contributed by atoms with E-state index in [1.54, 1.807) is 37.4 Å². The van der Waals surface area contributed by atoms with Crippen molar-refractivity contribution in [2.45, 2.75) is 13.1 Å². The van der Waals surface area contributed by atoms with Crippen LogP contribution in [0.15, 0.2) is 54.6 Å². The number of nitrogens with zero attached hydrogens (tertiary/aromatic N) is 4. The number of carboxylic acids is 1. The number of phenolic OH excluding ortho intramolecular Hbond substituents is 6. The summed E-state index contributed by atoms with van der Waals surface area (Å²) >= 11 is 0. The molecule has 10 N–H and O–H groups in total. The lowest BCUT2D eigenvalue weighted by Crippen LogP contribution is -2.27. The van der Waals surface area contributed by atoms with Gasteiger partial charge < -0.3 is 56.4 Å². The lowest BCUT2D eigenvalue weighted by molar-refractivity contribution is 0.0465. The lowest BCUT2D eigenvalue weighted by atomic mass is 9.93. The molecule has 0 aliphatic rings. The second-order valence-electron chi connectivity index (χ2n) is 12.4. The molecule has 56 heavy (non-hydrogen) atoms. The first-order valence-electron chi connectivity index (χ1n) is 16.7. The maximum absolute atomic E-state index is 13.3. The summed E-state index contributed by atoms with van der Waals surface area (Å²) < 4.78 is 5.28. The average Bonchev–Trinajstić information content (AvgIpc) is 3.19. The molecule has 18 nitrogen and oxygen atoms in total. The highest BCUT2D eigenvalue weighted by Gasteiger charge is 2.32. The summed E-state index contributed by atoms with van der Waals surface area (Å²) in [5.74, 6) is -6.76. The second kappa shape index (κ2) is 14.3. The molecule has 0 unspecified atom stereocenters. The molecule has 0 atom stereocenters. The number of hydrogen-bond donors (Lipinski definition) is 10. The topological polar surface area (TPSA) is 290 Å². The van der Waals surface area contributed by atoms with E-state index in [1.165, 1.54) is 19.2 Å². The number of carbonyl (C=O) groups excluding carboxylic acids is 2. The number of aromatic hydroxyl groups is 6. The largest absolute Gasteiger partial charge is 0.507 e. The average molecular weight is 762 g/mol. The molecular formula is C38H31N7O11. The van der Waals surface area contributed by atoms with Gasteiger partial charge in [0.05, 0.1) is 22.3 Å². The highest BCUT2D eigenvalue weighted by Crippen LogP contribution is 2.54. The van der Waals surface area contributed by atoms with E-state index in [9.17, 15) is 50.1 Å². The van der Waals surface area contributed by atoms with E-state index in [0.29, 0.717) is 5.56 Å². The molecule has 0 bridgehead atoms. The number of aromatic nitrogens is 4. The lowest BCUT2D eigenvalue weighted by Gasteiger charge is -2.20. The predicted molar refractivity (Wildman–Crippen MR) is 200 cm³/mol. The van der Waals surface area contributed by atoms with Gasteiger partial charge >= 0.3 is 11.9 Å². The zero-order chi connectivity index (χ0) is 40.0. The molecule has 0 aliphatic heterocycles. The minimum absolute atomic E-state index is 0.0159. The van der Waals surface area contributed by atoms with E-state index in [1.807, 2.05) is 0 Å². The molecule has 0 saturated heterocycles. The Morgan fingerprint density at radius 2 is 1.04 bits per heavy atom. The molecular weight excluding hydrogens is 730 g/mol. The van der Waals surface area contributed by atoms with Gasteiger partial charge in [0.15, 0.2) is 18.2 Å². The van der Waals surface area contributed by atoms with Crippen LogP contribution in [0.5, 0.6) is 34.5 Å². The molecule has 0 aliphatic carbocycles. The van der Waals surface area contributed by atoms with Gasteiger partial charge in [-0.05, 0) is 50.5 Å². The monoisotopic (exact) mass is 761 g/mol. The molecule has 0 spiro atoms. The van der Waals surface area contributed by atoms with Gasteiger partial charge in [0.25, 0.3) is 5.91 Å². The van der Waals surface area contributed by atoms with Crippen LogP contribution < -0.4 is 16.0 Å². The van der Waals surface area contributed by atoms with Gasteiger partial charge in [-0.25, -0.2) is 29.5 Å². The highest BCUT2D eigenvalue weighted by molar-refractivity contribution is 6.10. The molecule has 7 aromatic rings. The summed E-state index contributed by atoms with van der Waals surface area (Å²) in [7, 11) is 3.08. The Bertz CT molecular complexity index is 2800. The number of ether oxygens (including phenoxy) is 1. The van der Waals surface area contributed by atoms with Crippen LogP contribution in [0.3, 0.4) is 0 Å². The third-order valence-corrected chi connectivity index (χ3v) is 9.02. The van der Waals surface area contributed by atoms with Gasteiger partial charge in [-0.1, -0.05) is 18.2 Å². The van der Waals surface area contributed by atoms with Crippen molar-refractivity contribution in [3.05, 3.63) is 82.4 Å². The van der Waals surface area contributed by atoms with Crippen molar-refractivity contribution in [1.29, 1.82) is 0 Å². The molecule has 284 valence electrons. The molecule has 5 aromatic carbocycles. The Hall–Kier alpha value is -7.57. The normalized spacial score (nSPS) is 11.4. The van der Waals surface area contributed by atoms with E-state index in [0.717, 1.165) is 12.1 Å². The summed E-state index contributed by atoms with van der Waals surface area (Å²) in [5.41, 5.74) is -3.34. The van der Waals surface area contributed by atoms with Crippen molar-refractivity contribution < 1.29 is 54.9 Å². The first-order valence-corrected chi connectivity index (χ1v) is 16.7. The number of rotatable bonds is 10. The Morgan fingerprint density at radius 1 is 0.571 bits per heavy atom. The maximum atomic E-state index is 13.3. The van der Waals surface area contributed by atoms with Crippen LogP contribution in [0.2, 0.25) is 0 Å². The number of nitrogens with one attached hydrogen (secondary N) is 3. The Labute approximate surface area is 314 Å². The maximum Gasteiger partial charge on any atom is 0.342 e. The van der Waals surface area contributed by atoms with Gasteiger partial charge in [-0.15, -0.1) is 0 Å². The SMILES string of the molecule is CNCc1c(O)c(-c2c(O)c(CNC)c3nc4c(O)ccc(C(=O)OCNC(=O)c5ccccc5)c4nc3c2O)c(O)c2nc3c(C(=O)O)ccc(O)c3nc12. The second-order valence-corrected chi connectivity index (χ2v) is 12.4. The smallest absolute Gasteiger partial charge is 0.342 e. The van der Waals surface area contributed by atoms with E-state index in [2.05, 4.69) is 35.9 Å². The first kappa shape index (κ1) is 36.8. The van der Waals surface area contributed by atoms with Crippen molar-refractivity contribution in [2.24, 2.45) is 0 Å². The van der Waals surface area contributed by atoms with Crippen LogP contribution in [0.1, 0.15) is 42.2 Å². The third-order valence-electron chi connectivity index (χ3n) is 9.02. The van der Waals surface area contributed by atoms with Crippen LogP contribution in [-0.2, 0) is 17.8 Å². The van der Waals surface area contributed by atoms with E-state index >= 15 is 0 Å². The van der Waals surface area contributed by atoms with E-state index in [4.69, 9.17) is 4.74 Å². The van der Waals surface area contributed by atoms with Crippen LogP contribution in [0.25, 0.3) is 55.3 Å². The Morgan fingerprint density at radius 3 is 1.52 bits per heavy atom. The molecule has 0 radical (unpaired) electrons. The number of carboxylic acid groups (broad SMARTS) is 1. The van der Waals surface area contributed by atoms with Crippen LogP contribution in [0.4, 0.5) is 0 Å². The summed E-state index contributed by atoms with van der Waals surface area (Å²) in [6.07, 6.45) is 0. The highest BCUT2D eigenvalue weighted by atomic mass is 16.5. The molecule has 7 rings (SSSR count). The molecule has 18 heteroatoms. The number of carbonyl (C=O) groups is 3. The fourth-order valence-electron chi connectivity index (χ4n) is 6.42. The van der Waals surface area contributed by atoms with Crippen LogP contribution >= 0.6 is 0 Å². The Balaban J connectivity index is 1.45. The molecule has 1 amide bonds. The van der Waals surface area contributed by atoms with Crippen molar-refractivity contribution in [3.8, 4) is 45.6 Å². The summed E-state index contributed by atoms with van der Waals surface area (Å²) in [5, 5.41) is 86.7. The van der Waals surface area contributed by atoms with E-state index in [-0.39, 0.29) is 79.5 Å². The number of benzene rings is 5. The fraction of sp³-hybridized carbons (Fsp3) is 0.132. The fourth-order valence-corrected chi connectivity index (χ4v) is 6.42. The van der Waals surface area contributed by atoms with Gasteiger partial charge in [0.1, 0.15) is 67.1 Å². The molecule has 0 saturated carbocycles. The first-order chi connectivity index (χ1) is 26.9. The summed E-state index contributed by atoms with van der Waals surface area (Å²) in [6.45, 7) is -0.801. The van der Waals surface area contributed by atoms with Crippen molar-refractivity contribution in [1.82, 2.24) is 35.9 Å². The summed E-state index contributed by atoms with van der Waals surface area (Å²) in [6, 6.07) is 12.8. The van der Waals surface area contributed by atoms with E-state index < -0.39 is 70.2 Å². The standard InChI is InChI=1S/C38H31N7O11/c1-39-12-18-26-30(44-24-16(37(53)54)8-10-20(46)28(24)42-26)34(50)22(32(18)48)23-33(49)19(13-40-2)27-31(35(23)51)45-25-17(9-11-21(47)29(25)43-27)38(55)56-14-41-36(52)15-6-4-3-5-7-15/h3-11,39-40,46-51H,12-14H2,1-2H3,(H,41,52)(H,53,54). The van der Waals surface area contributed by atoms with Crippen LogP contribution in [0, 0.1) is 0 Å². The zero-order valence-electron chi connectivity index (χ0n) is 29.4. The summed E-state index contributed by atoms with van der Waals surface area (Å²) in [4.78, 5) is 55.5. The number of fused-ring (bicyclic) bond motifs is 4. The number of hydrogen-bond acceptors (Lipinski definition) is 16. The van der Waals surface area contributed by atoms with Crippen molar-refractivity contribution in [2.75, 3.05) is 20.8 Å². The van der Waals surface area contributed by atoms with Crippen molar-refractivity contribution in [3.63, 3.8) is 0 Å². The van der Waals surface area contributed by atoms with Gasteiger partial charge in [0, 0.05) is 29.8 Å². The molecule has 2 heterocycles. The van der Waals surface area contributed by atoms with Gasteiger partial charge in [0.2, 0.25) is 0 Å². The Kier molecular flexibility index (Phi) is 9.42. The third kappa shape index (κ3) is 5.99. The number of amides is 1. The number of esters is 1. The quantitative estimate of drug-likeness (QED) is 0.0542. The minimum Gasteiger partial charge on any atom is -0.507 e. The van der Waals surface area contributed by atoms with Gasteiger partial charge in [-0.2, -0.15) is 0 Å². The zero-order valence-corrected chi connectivity index (χ0v) is 29.4. The predicted octanol–water partition coefficient (Wildman–Crippen LogP) is 3.46. The minimum atomic E-state index is -1.41. The molecule has 2 aromatic heterocycles. The van der Waals surface area contributed by atoms with Crippen LogP contribution in [-0.4, -0.2) is 94.4 Å². The van der Waals surface area contributed by atoms with Gasteiger partial charge in [-0.3, -0.25) is 4.79 Å². The van der Waals surface area contributed by atoms with Crippen molar-refractivity contribution >= 4 is 62.0 Å².